The summed E-state index contributed by atoms with van der Waals surface area (Å²) in [4.78, 5) is 36.5. The molecular formula is C21H15N2O5-. The lowest BCUT2D eigenvalue weighted by Crippen LogP contribution is -2.28. The number of hydrogen-bond donors (Lipinski definition) is 0. The zero-order valence-corrected chi connectivity index (χ0v) is 14.6. The Labute approximate surface area is 159 Å². The van der Waals surface area contributed by atoms with Crippen LogP contribution in [0, 0.1) is 23.7 Å². The van der Waals surface area contributed by atoms with E-state index >= 15 is 0 Å². The van der Waals surface area contributed by atoms with Crippen molar-refractivity contribution < 1.29 is 23.9 Å². The molecule has 3 aliphatic rings. The van der Waals surface area contributed by atoms with Crippen molar-refractivity contribution in [1.29, 1.82) is 0 Å². The molecule has 5 rings (SSSR count). The standard InChI is InChI=1S/C21H16N2O5/c24-19-17-11-5-6-12(9-11)18(17)20(25)23(19)22-10-13-7-8-16(28-13)14-3-1-2-4-15(14)21(26)27/h1-8,10-12,17-18H,9H2,(H,26,27)/p-1/b22-10-/t11-,12+,17-,18-/m0/s1. The number of carboxylic acids is 1. The van der Waals surface area contributed by atoms with Crippen LogP contribution >= 0.6 is 0 Å². The summed E-state index contributed by atoms with van der Waals surface area (Å²) in [6, 6.07) is 9.55. The number of hydrazone groups is 1. The lowest BCUT2D eigenvalue weighted by atomic mass is 9.85. The lowest BCUT2D eigenvalue weighted by molar-refractivity contribution is -0.255. The first-order valence-corrected chi connectivity index (χ1v) is 9.05. The number of aromatic carboxylic acids is 1. The summed E-state index contributed by atoms with van der Waals surface area (Å²) in [7, 11) is 0. The van der Waals surface area contributed by atoms with Crippen LogP contribution in [0.1, 0.15) is 22.5 Å². The van der Waals surface area contributed by atoms with Crippen LogP contribution < -0.4 is 5.11 Å². The smallest absolute Gasteiger partial charge is 0.254 e. The number of imide groups is 1. The maximum atomic E-state index is 12.6. The minimum absolute atomic E-state index is 0.0148. The van der Waals surface area contributed by atoms with E-state index in [2.05, 4.69) is 5.10 Å². The quantitative estimate of drug-likeness (QED) is 0.457. The molecule has 2 bridgehead atoms. The van der Waals surface area contributed by atoms with Gasteiger partial charge in [0.2, 0.25) is 0 Å². The number of carbonyl (C=O) groups excluding carboxylic acids is 3. The molecule has 1 saturated heterocycles. The molecule has 7 nitrogen and oxygen atoms in total. The van der Waals surface area contributed by atoms with Crippen molar-refractivity contribution in [3.05, 3.63) is 59.9 Å². The number of fused-ring (bicyclic) bond motifs is 5. The lowest BCUT2D eigenvalue weighted by Gasteiger charge is -2.13. The maximum Gasteiger partial charge on any atom is 0.254 e. The third-order valence-corrected chi connectivity index (χ3v) is 5.79. The predicted molar refractivity (Wildman–Crippen MR) is 95.6 cm³/mol. The summed E-state index contributed by atoms with van der Waals surface area (Å²) in [5.41, 5.74) is 0.397. The minimum Gasteiger partial charge on any atom is -0.545 e. The minimum atomic E-state index is -1.30. The molecule has 0 radical (unpaired) electrons. The Morgan fingerprint density at radius 2 is 1.75 bits per heavy atom. The number of furan rings is 1. The molecule has 2 aliphatic carbocycles. The second-order valence-electron chi connectivity index (χ2n) is 7.27. The summed E-state index contributed by atoms with van der Waals surface area (Å²) in [6.07, 6.45) is 6.22. The molecule has 0 N–H and O–H groups in total. The highest BCUT2D eigenvalue weighted by molar-refractivity contribution is 6.06. The molecule has 1 aromatic heterocycles. The summed E-state index contributed by atoms with van der Waals surface area (Å²) in [5.74, 6) is -1.55. The van der Waals surface area contributed by atoms with E-state index in [0.29, 0.717) is 17.1 Å². The molecule has 0 unspecified atom stereocenters. The first-order valence-electron chi connectivity index (χ1n) is 9.05. The van der Waals surface area contributed by atoms with Crippen LogP contribution in [0.3, 0.4) is 0 Å². The van der Waals surface area contributed by atoms with Crippen molar-refractivity contribution >= 4 is 24.0 Å². The van der Waals surface area contributed by atoms with Crippen molar-refractivity contribution in [2.45, 2.75) is 6.42 Å². The Morgan fingerprint density at radius 3 is 2.43 bits per heavy atom. The average molecular weight is 375 g/mol. The largest absolute Gasteiger partial charge is 0.545 e. The van der Waals surface area contributed by atoms with Crippen molar-refractivity contribution in [2.75, 3.05) is 0 Å². The van der Waals surface area contributed by atoms with Gasteiger partial charge in [0.1, 0.15) is 11.5 Å². The average Bonchev–Trinajstić information content (AvgIpc) is 3.46. The van der Waals surface area contributed by atoms with Gasteiger partial charge in [-0.3, -0.25) is 9.59 Å². The van der Waals surface area contributed by atoms with Crippen LogP contribution in [0.2, 0.25) is 0 Å². The number of carbonyl (C=O) groups is 3. The number of amides is 2. The van der Waals surface area contributed by atoms with Crippen molar-refractivity contribution in [1.82, 2.24) is 5.01 Å². The van der Waals surface area contributed by atoms with Gasteiger partial charge in [0.05, 0.1) is 24.0 Å². The first kappa shape index (κ1) is 16.7. The molecule has 2 amide bonds. The predicted octanol–water partition coefficient (Wildman–Crippen LogP) is 1.45. The van der Waals surface area contributed by atoms with E-state index in [1.165, 1.54) is 12.3 Å². The fourth-order valence-electron chi connectivity index (χ4n) is 4.56. The van der Waals surface area contributed by atoms with E-state index in [9.17, 15) is 19.5 Å². The fraction of sp³-hybridized carbons (Fsp3) is 0.238. The third kappa shape index (κ3) is 2.36. The van der Waals surface area contributed by atoms with Gasteiger partial charge in [-0.05, 0) is 30.4 Å². The molecule has 0 spiro atoms. The van der Waals surface area contributed by atoms with E-state index in [-0.39, 0.29) is 41.0 Å². The van der Waals surface area contributed by atoms with Gasteiger partial charge in [0, 0.05) is 11.1 Å². The van der Waals surface area contributed by atoms with E-state index < -0.39 is 5.97 Å². The van der Waals surface area contributed by atoms with E-state index in [4.69, 9.17) is 4.42 Å². The summed E-state index contributed by atoms with van der Waals surface area (Å²) >= 11 is 0. The van der Waals surface area contributed by atoms with Crippen molar-refractivity contribution in [3.63, 3.8) is 0 Å². The van der Waals surface area contributed by atoms with Gasteiger partial charge in [-0.15, -0.1) is 0 Å². The van der Waals surface area contributed by atoms with Crippen LogP contribution in [0.4, 0.5) is 0 Å². The van der Waals surface area contributed by atoms with Crippen LogP contribution in [-0.2, 0) is 9.59 Å². The third-order valence-electron chi connectivity index (χ3n) is 5.79. The second kappa shape index (κ2) is 6.02. The SMILES string of the molecule is O=C([O-])c1ccccc1-c1ccc(/C=N\N2C(=O)[C@@H]3[C@@H](C2=O)[C@H]2C=C[C@@H]3C2)o1. The molecule has 28 heavy (non-hydrogen) atoms. The van der Waals surface area contributed by atoms with Crippen molar-refractivity contribution in [2.24, 2.45) is 28.8 Å². The molecule has 2 fully saturated rings. The molecule has 2 heterocycles. The summed E-state index contributed by atoms with van der Waals surface area (Å²) in [6.45, 7) is 0. The number of rotatable bonds is 4. The maximum absolute atomic E-state index is 12.6. The molecule has 1 saturated carbocycles. The Hall–Kier alpha value is -3.48. The normalized spacial score (nSPS) is 27.9. The molecule has 2 aromatic rings. The van der Waals surface area contributed by atoms with Crippen LogP contribution in [-0.4, -0.2) is 29.0 Å². The fourth-order valence-corrected chi connectivity index (χ4v) is 4.56. The number of allylic oxidation sites excluding steroid dienone is 2. The molecule has 140 valence electrons. The first-order chi connectivity index (χ1) is 13.5. The van der Waals surface area contributed by atoms with Gasteiger partial charge in [-0.1, -0.05) is 36.4 Å². The van der Waals surface area contributed by atoms with Gasteiger partial charge < -0.3 is 14.3 Å². The van der Waals surface area contributed by atoms with Gasteiger partial charge >= 0.3 is 0 Å². The highest BCUT2D eigenvalue weighted by atomic mass is 16.4. The van der Waals surface area contributed by atoms with Crippen LogP contribution in [0.15, 0.2) is 58.1 Å². The Kier molecular flexibility index (Phi) is 3.58. The van der Waals surface area contributed by atoms with Gasteiger partial charge in [-0.2, -0.15) is 10.1 Å². The van der Waals surface area contributed by atoms with Gasteiger partial charge in [0.15, 0.2) is 0 Å². The van der Waals surface area contributed by atoms with Crippen LogP contribution in [0.25, 0.3) is 11.3 Å². The number of hydrogen-bond acceptors (Lipinski definition) is 6. The molecule has 4 atom stereocenters. The van der Waals surface area contributed by atoms with E-state index in [1.54, 1.807) is 30.3 Å². The Morgan fingerprint density at radius 1 is 1.07 bits per heavy atom. The Balaban J connectivity index is 1.39. The molecule has 1 aliphatic heterocycles. The molecule has 7 heteroatoms. The topological polar surface area (TPSA) is 103 Å². The molecular weight excluding hydrogens is 360 g/mol. The summed E-state index contributed by atoms with van der Waals surface area (Å²) < 4.78 is 5.64. The van der Waals surface area contributed by atoms with Crippen molar-refractivity contribution in [3.8, 4) is 11.3 Å². The number of benzene rings is 1. The number of carboxylic acid groups (broad SMARTS) is 1. The Bertz CT molecular complexity index is 1040. The van der Waals surface area contributed by atoms with Gasteiger partial charge in [-0.25, -0.2) is 0 Å². The zero-order chi connectivity index (χ0) is 19.4. The highest BCUT2D eigenvalue weighted by Crippen LogP contribution is 2.52. The zero-order valence-electron chi connectivity index (χ0n) is 14.6. The highest BCUT2D eigenvalue weighted by Gasteiger charge is 2.59. The molecule has 1 aromatic carbocycles. The van der Waals surface area contributed by atoms with E-state index in [1.807, 2.05) is 12.2 Å². The summed E-state index contributed by atoms with van der Waals surface area (Å²) in [5, 5.41) is 16.3. The van der Waals surface area contributed by atoms with E-state index in [0.717, 1.165) is 11.4 Å². The second-order valence-corrected chi connectivity index (χ2v) is 7.27. The number of nitrogens with zero attached hydrogens (tertiary/aromatic N) is 2. The van der Waals surface area contributed by atoms with Gasteiger partial charge in [0.25, 0.3) is 11.8 Å². The monoisotopic (exact) mass is 375 g/mol. The van der Waals surface area contributed by atoms with Crippen LogP contribution in [0.5, 0.6) is 0 Å².